The van der Waals surface area contributed by atoms with Crippen molar-refractivity contribution < 1.29 is 5.11 Å². The third-order valence-corrected chi connectivity index (χ3v) is 5.35. The molecule has 2 rings (SSSR count). The van der Waals surface area contributed by atoms with Crippen LogP contribution in [-0.2, 0) is 6.42 Å². The van der Waals surface area contributed by atoms with Crippen molar-refractivity contribution >= 4 is 11.8 Å². The van der Waals surface area contributed by atoms with Gasteiger partial charge in [0.15, 0.2) is 0 Å². The van der Waals surface area contributed by atoms with Gasteiger partial charge in [-0.2, -0.15) is 11.8 Å². The van der Waals surface area contributed by atoms with Crippen LogP contribution < -0.4 is 0 Å². The van der Waals surface area contributed by atoms with Gasteiger partial charge in [0, 0.05) is 4.75 Å². The fourth-order valence-corrected chi connectivity index (χ4v) is 3.68. The van der Waals surface area contributed by atoms with Gasteiger partial charge in [0.05, 0.1) is 6.10 Å². The maximum absolute atomic E-state index is 10.6. The van der Waals surface area contributed by atoms with E-state index >= 15 is 0 Å². The minimum atomic E-state index is -0.303. The smallest absolute Gasteiger partial charge is 0.0936 e. The van der Waals surface area contributed by atoms with E-state index in [0.717, 1.165) is 31.2 Å². The van der Waals surface area contributed by atoms with E-state index in [0.29, 0.717) is 0 Å². The third kappa shape index (κ3) is 2.53. The zero-order valence-electron chi connectivity index (χ0n) is 10.8. The van der Waals surface area contributed by atoms with Gasteiger partial charge in [-0.1, -0.05) is 44.0 Å². The molecule has 0 spiro atoms. The molecule has 1 unspecified atom stereocenters. The number of hydrogen-bond donors (Lipinski definition) is 1. The molecule has 1 N–H and O–H groups in total. The minimum Gasteiger partial charge on any atom is -0.387 e. The predicted octanol–water partition coefficient (Wildman–Crippen LogP) is 3.96. The Labute approximate surface area is 109 Å². The van der Waals surface area contributed by atoms with Crippen LogP contribution in [0.15, 0.2) is 24.3 Å². The topological polar surface area (TPSA) is 20.2 Å². The summed E-state index contributed by atoms with van der Waals surface area (Å²) in [7, 11) is 0. The molecule has 1 aliphatic rings. The van der Waals surface area contributed by atoms with Crippen LogP contribution in [0.1, 0.15) is 49.8 Å². The second-order valence-corrected chi connectivity index (χ2v) is 6.24. The number of aliphatic hydroxyl groups is 1. The molecule has 1 saturated carbocycles. The Morgan fingerprint density at radius 3 is 2.71 bits per heavy atom. The normalized spacial score (nSPS) is 19.7. The van der Waals surface area contributed by atoms with Gasteiger partial charge in [0.2, 0.25) is 0 Å². The van der Waals surface area contributed by atoms with Gasteiger partial charge in [-0.15, -0.1) is 0 Å². The van der Waals surface area contributed by atoms with E-state index in [-0.39, 0.29) is 10.9 Å². The molecule has 17 heavy (non-hydrogen) atoms. The Bertz CT molecular complexity index is 365. The molecule has 1 aliphatic carbocycles. The highest BCUT2D eigenvalue weighted by molar-refractivity contribution is 8.00. The summed E-state index contributed by atoms with van der Waals surface area (Å²) in [5, 5.41) is 10.6. The van der Waals surface area contributed by atoms with Crippen molar-refractivity contribution in [2.24, 2.45) is 0 Å². The summed E-state index contributed by atoms with van der Waals surface area (Å²) in [5.41, 5.74) is 2.45. The van der Waals surface area contributed by atoms with Crippen LogP contribution in [0.2, 0.25) is 0 Å². The van der Waals surface area contributed by atoms with Gasteiger partial charge in [-0.25, -0.2) is 0 Å². The van der Waals surface area contributed by atoms with Crippen LogP contribution in [0.4, 0.5) is 0 Å². The van der Waals surface area contributed by atoms with Gasteiger partial charge < -0.3 is 5.11 Å². The molecule has 0 amide bonds. The third-order valence-electron chi connectivity index (χ3n) is 3.91. The molecule has 94 valence electrons. The second-order valence-electron chi connectivity index (χ2n) is 5.02. The van der Waals surface area contributed by atoms with Crippen LogP contribution in [0.5, 0.6) is 0 Å². The Morgan fingerprint density at radius 1 is 1.41 bits per heavy atom. The van der Waals surface area contributed by atoms with Crippen LogP contribution in [0.25, 0.3) is 0 Å². The molecule has 0 aliphatic heterocycles. The fourth-order valence-electron chi connectivity index (χ4n) is 2.63. The standard InChI is InChI=1S/C15H22OS/c1-3-6-12-7-4-8-13(11-12)14(16)15(17-2)9-5-10-15/h4,7-8,11,14,16H,3,5-6,9-10H2,1-2H3. The molecule has 1 aromatic rings. The average molecular weight is 250 g/mol. The lowest BCUT2D eigenvalue weighted by atomic mass is 9.77. The number of rotatable bonds is 5. The first-order valence-corrected chi connectivity index (χ1v) is 7.76. The number of thioether (sulfide) groups is 1. The highest BCUT2D eigenvalue weighted by Crippen LogP contribution is 2.51. The number of benzene rings is 1. The molecule has 0 saturated heterocycles. The second kappa shape index (κ2) is 5.45. The maximum atomic E-state index is 10.6. The maximum Gasteiger partial charge on any atom is 0.0936 e. The van der Waals surface area contributed by atoms with Gasteiger partial charge in [-0.3, -0.25) is 0 Å². The largest absolute Gasteiger partial charge is 0.387 e. The Balaban J connectivity index is 2.18. The molecular formula is C15H22OS. The first-order valence-electron chi connectivity index (χ1n) is 6.54. The van der Waals surface area contributed by atoms with Gasteiger partial charge >= 0.3 is 0 Å². The zero-order valence-corrected chi connectivity index (χ0v) is 11.6. The molecule has 1 aromatic carbocycles. The summed E-state index contributed by atoms with van der Waals surface area (Å²) in [4.78, 5) is 0. The molecule has 1 nitrogen and oxygen atoms in total. The Morgan fingerprint density at radius 2 is 2.18 bits per heavy atom. The van der Waals surface area contributed by atoms with Crippen LogP contribution >= 0.6 is 11.8 Å². The molecule has 0 radical (unpaired) electrons. The average Bonchev–Trinajstić information content (AvgIpc) is 2.29. The van der Waals surface area contributed by atoms with Crippen molar-refractivity contribution in [2.45, 2.75) is 49.9 Å². The lowest BCUT2D eigenvalue weighted by Gasteiger charge is -2.44. The summed E-state index contributed by atoms with van der Waals surface area (Å²) < 4.78 is 0.0881. The van der Waals surface area contributed by atoms with Crippen LogP contribution in [-0.4, -0.2) is 16.1 Å². The van der Waals surface area contributed by atoms with Crippen molar-refractivity contribution in [3.05, 3.63) is 35.4 Å². The quantitative estimate of drug-likeness (QED) is 0.853. The van der Waals surface area contributed by atoms with E-state index in [4.69, 9.17) is 0 Å². The van der Waals surface area contributed by atoms with Crippen LogP contribution in [0.3, 0.4) is 0 Å². The number of aliphatic hydroxyl groups excluding tert-OH is 1. The van der Waals surface area contributed by atoms with Crippen LogP contribution in [0, 0.1) is 0 Å². The summed E-state index contributed by atoms with van der Waals surface area (Å²) in [5.74, 6) is 0. The molecule has 2 heteroatoms. The molecule has 0 heterocycles. The lowest BCUT2D eigenvalue weighted by molar-refractivity contribution is 0.0876. The SMILES string of the molecule is CCCc1cccc(C(O)C2(SC)CCC2)c1. The van der Waals surface area contributed by atoms with Crippen molar-refractivity contribution in [1.82, 2.24) is 0 Å². The highest BCUT2D eigenvalue weighted by Gasteiger charge is 2.43. The predicted molar refractivity (Wildman–Crippen MR) is 75.5 cm³/mol. The summed E-state index contributed by atoms with van der Waals surface area (Å²) in [6.45, 7) is 2.19. The summed E-state index contributed by atoms with van der Waals surface area (Å²) >= 11 is 1.83. The van der Waals surface area contributed by atoms with Crippen molar-refractivity contribution in [2.75, 3.05) is 6.26 Å². The van der Waals surface area contributed by atoms with E-state index in [9.17, 15) is 5.11 Å². The van der Waals surface area contributed by atoms with E-state index in [2.05, 4.69) is 37.4 Å². The summed E-state index contributed by atoms with van der Waals surface area (Å²) in [6, 6.07) is 8.49. The van der Waals surface area contributed by atoms with Gasteiger partial charge in [-0.05, 0) is 36.6 Å². The summed E-state index contributed by atoms with van der Waals surface area (Å²) in [6.07, 6.45) is 7.63. The zero-order chi connectivity index (χ0) is 12.3. The van der Waals surface area contributed by atoms with Crippen molar-refractivity contribution in [1.29, 1.82) is 0 Å². The molecule has 1 fully saturated rings. The minimum absolute atomic E-state index is 0.0881. The first-order chi connectivity index (χ1) is 8.22. The highest BCUT2D eigenvalue weighted by atomic mass is 32.2. The van der Waals surface area contributed by atoms with E-state index < -0.39 is 0 Å². The van der Waals surface area contributed by atoms with E-state index in [1.54, 1.807) is 0 Å². The van der Waals surface area contributed by atoms with Gasteiger partial charge in [0.25, 0.3) is 0 Å². The van der Waals surface area contributed by atoms with Crippen molar-refractivity contribution in [3.63, 3.8) is 0 Å². The molecular weight excluding hydrogens is 228 g/mol. The fraction of sp³-hybridized carbons (Fsp3) is 0.600. The monoisotopic (exact) mass is 250 g/mol. The van der Waals surface area contributed by atoms with E-state index in [1.165, 1.54) is 12.0 Å². The number of aryl methyl sites for hydroxylation is 1. The van der Waals surface area contributed by atoms with E-state index in [1.807, 2.05) is 11.8 Å². The van der Waals surface area contributed by atoms with Gasteiger partial charge in [0.1, 0.15) is 0 Å². The Hall–Kier alpha value is -0.470. The molecule has 1 atom stereocenters. The first kappa shape index (κ1) is 13.0. The number of hydrogen-bond acceptors (Lipinski definition) is 2. The lowest BCUT2D eigenvalue weighted by Crippen LogP contribution is -2.39. The molecule has 0 bridgehead atoms. The molecule has 0 aromatic heterocycles. The Kier molecular flexibility index (Phi) is 4.16. The van der Waals surface area contributed by atoms with Crippen molar-refractivity contribution in [3.8, 4) is 0 Å².